The lowest BCUT2D eigenvalue weighted by Gasteiger charge is -2.14. The topological polar surface area (TPSA) is 74.2 Å². The number of H-pyrrole nitrogens is 1. The van der Waals surface area contributed by atoms with Gasteiger partial charge < -0.3 is 0 Å². The van der Waals surface area contributed by atoms with Crippen molar-refractivity contribution >= 4 is 45.4 Å². The molecule has 1 N–H and O–H groups in total. The van der Waals surface area contributed by atoms with Gasteiger partial charge in [-0.2, -0.15) is 5.10 Å². The van der Waals surface area contributed by atoms with E-state index in [0.29, 0.717) is 22.4 Å². The number of nitrogens with zero attached hydrogens (tertiary/aromatic N) is 4. The molecule has 7 heteroatoms. The van der Waals surface area contributed by atoms with Crippen molar-refractivity contribution in [1.82, 2.24) is 15.2 Å². The van der Waals surface area contributed by atoms with Crippen molar-refractivity contribution < 1.29 is 4.79 Å². The number of benzene rings is 1. The summed E-state index contributed by atoms with van der Waals surface area (Å²) >= 11 is 1.42. The van der Waals surface area contributed by atoms with E-state index in [1.807, 2.05) is 50.2 Å². The number of fused-ring (bicyclic) bond motifs is 1. The standard InChI is InChI=1S/C17H15N5OS/c1-10-8-11(2)18-15-14(10)16(21-20-15)22-13(23)9-24-17(22)19-12-6-4-3-5-7-12/h3-8H,9H2,1-2H3,(H,18,20,21). The Morgan fingerprint density at radius 2 is 2.04 bits per heavy atom. The second kappa shape index (κ2) is 5.76. The van der Waals surface area contributed by atoms with E-state index in [1.165, 1.54) is 11.8 Å². The first kappa shape index (κ1) is 14.9. The van der Waals surface area contributed by atoms with E-state index in [9.17, 15) is 4.79 Å². The zero-order valence-corrected chi connectivity index (χ0v) is 14.1. The number of nitrogens with one attached hydrogen (secondary N) is 1. The third kappa shape index (κ3) is 2.46. The van der Waals surface area contributed by atoms with Crippen LogP contribution in [0.2, 0.25) is 0 Å². The van der Waals surface area contributed by atoms with Gasteiger partial charge in [0.05, 0.1) is 16.8 Å². The maximum atomic E-state index is 12.4. The average molecular weight is 337 g/mol. The third-order valence-electron chi connectivity index (χ3n) is 3.79. The van der Waals surface area contributed by atoms with Gasteiger partial charge in [0.15, 0.2) is 16.6 Å². The van der Waals surface area contributed by atoms with Crippen molar-refractivity contribution in [2.75, 3.05) is 10.7 Å². The van der Waals surface area contributed by atoms with Gasteiger partial charge in [-0.25, -0.2) is 14.9 Å². The summed E-state index contributed by atoms with van der Waals surface area (Å²) in [5, 5.41) is 8.77. The molecule has 0 unspecified atom stereocenters. The Balaban J connectivity index is 1.85. The second-order valence-corrected chi connectivity index (χ2v) is 6.54. The van der Waals surface area contributed by atoms with Crippen LogP contribution in [0, 0.1) is 13.8 Å². The summed E-state index contributed by atoms with van der Waals surface area (Å²) < 4.78 is 0. The van der Waals surface area contributed by atoms with Crippen LogP contribution >= 0.6 is 11.8 Å². The highest BCUT2D eigenvalue weighted by atomic mass is 32.2. The molecule has 6 nitrogen and oxygen atoms in total. The van der Waals surface area contributed by atoms with Gasteiger partial charge in [0.2, 0.25) is 5.91 Å². The van der Waals surface area contributed by atoms with E-state index in [-0.39, 0.29) is 5.91 Å². The van der Waals surface area contributed by atoms with Crippen LogP contribution in [0.3, 0.4) is 0 Å². The van der Waals surface area contributed by atoms with Crippen molar-refractivity contribution in [3.63, 3.8) is 0 Å². The van der Waals surface area contributed by atoms with Crippen molar-refractivity contribution in [3.05, 3.63) is 47.7 Å². The minimum absolute atomic E-state index is 0.0249. The molecule has 3 aromatic rings. The van der Waals surface area contributed by atoms with Gasteiger partial charge in [0, 0.05) is 5.69 Å². The molecular formula is C17H15N5OS. The zero-order chi connectivity index (χ0) is 16.7. The minimum atomic E-state index is -0.0249. The van der Waals surface area contributed by atoms with E-state index >= 15 is 0 Å². The lowest BCUT2D eigenvalue weighted by molar-refractivity contribution is -0.115. The van der Waals surface area contributed by atoms with Crippen LogP contribution in [0.25, 0.3) is 11.0 Å². The first-order valence-electron chi connectivity index (χ1n) is 7.55. The fraction of sp³-hybridized carbons (Fsp3) is 0.176. The van der Waals surface area contributed by atoms with Crippen LogP contribution in [0.1, 0.15) is 11.3 Å². The molecule has 1 amide bonds. The van der Waals surface area contributed by atoms with E-state index < -0.39 is 0 Å². The fourth-order valence-electron chi connectivity index (χ4n) is 2.79. The number of para-hydroxylation sites is 1. The van der Waals surface area contributed by atoms with Crippen molar-refractivity contribution in [2.45, 2.75) is 13.8 Å². The molecule has 1 aliphatic rings. The Bertz CT molecular complexity index is 964. The summed E-state index contributed by atoms with van der Waals surface area (Å²) in [5.41, 5.74) is 3.44. The van der Waals surface area contributed by atoms with E-state index in [1.54, 1.807) is 4.90 Å². The Hall–Kier alpha value is -2.67. The lowest BCUT2D eigenvalue weighted by Crippen LogP contribution is -2.29. The number of pyridine rings is 1. The number of aliphatic imine (C=N–C) groups is 1. The number of carbonyl (C=O) groups is 1. The molecule has 1 aliphatic heterocycles. The molecule has 1 fully saturated rings. The number of aromatic amines is 1. The van der Waals surface area contributed by atoms with E-state index in [2.05, 4.69) is 20.2 Å². The Labute approximate surface area is 143 Å². The highest BCUT2D eigenvalue weighted by Gasteiger charge is 2.33. The quantitative estimate of drug-likeness (QED) is 0.778. The molecule has 0 radical (unpaired) electrons. The number of hydrogen-bond acceptors (Lipinski definition) is 5. The van der Waals surface area contributed by atoms with Crippen LogP contribution in [-0.4, -0.2) is 32.0 Å². The van der Waals surface area contributed by atoms with Crippen LogP contribution < -0.4 is 4.90 Å². The van der Waals surface area contributed by atoms with Gasteiger partial charge in [0.1, 0.15) is 0 Å². The van der Waals surface area contributed by atoms with Gasteiger partial charge in [0.25, 0.3) is 0 Å². The molecule has 2 aromatic heterocycles. The average Bonchev–Trinajstić information content (AvgIpc) is 3.12. The summed E-state index contributed by atoms with van der Waals surface area (Å²) in [4.78, 5) is 23.1. The van der Waals surface area contributed by atoms with Gasteiger partial charge in [-0.15, -0.1) is 0 Å². The Kier molecular flexibility index (Phi) is 3.57. The molecule has 0 bridgehead atoms. The molecular weight excluding hydrogens is 322 g/mol. The number of amidine groups is 1. The predicted octanol–water partition coefficient (Wildman–Crippen LogP) is 3.34. The molecule has 1 saturated heterocycles. The summed E-state index contributed by atoms with van der Waals surface area (Å²) in [6.07, 6.45) is 0. The van der Waals surface area contributed by atoms with Crippen molar-refractivity contribution in [3.8, 4) is 0 Å². The first-order valence-corrected chi connectivity index (χ1v) is 8.54. The largest absolute Gasteiger partial charge is 0.273 e. The number of aryl methyl sites for hydroxylation is 2. The maximum Gasteiger partial charge on any atom is 0.244 e. The number of rotatable bonds is 2. The summed E-state index contributed by atoms with van der Waals surface area (Å²) in [7, 11) is 0. The van der Waals surface area contributed by atoms with Crippen LogP contribution in [-0.2, 0) is 4.79 Å². The molecule has 120 valence electrons. The molecule has 4 rings (SSSR count). The van der Waals surface area contributed by atoms with E-state index in [0.717, 1.165) is 22.3 Å². The number of aromatic nitrogens is 3. The van der Waals surface area contributed by atoms with Gasteiger partial charge in [-0.1, -0.05) is 30.0 Å². The van der Waals surface area contributed by atoms with Crippen molar-refractivity contribution in [2.24, 2.45) is 4.99 Å². The van der Waals surface area contributed by atoms with E-state index in [4.69, 9.17) is 0 Å². The highest BCUT2D eigenvalue weighted by Crippen LogP contribution is 2.33. The molecule has 24 heavy (non-hydrogen) atoms. The summed E-state index contributed by atoms with van der Waals surface area (Å²) in [5.74, 6) is 0.904. The Morgan fingerprint density at radius 1 is 1.25 bits per heavy atom. The minimum Gasteiger partial charge on any atom is -0.273 e. The van der Waals surface area contributed by atoms with Gasteiger partial charge in [-0.05, 0) is 37.6 Å². The summed E-state index contributed by atoms with van der Waals surface area (Å²) in [6.45, 7) is 3.93. The predicted molar refractivity (Wildman–Crippen MR) is 96.8 cm³/mol. The third-order valence-corrected chi connectivity index (χ3v) is 4.72. The number of amides is 1. The number of carbonyl (C=O) groups excluding carboxylic acids is 1. The molecule has 0 saturated carbocycles. The van der Waals surface area contributed by atoms with Crippen LogP contribution in [0.4, 0.5) is 11.5 Å². The Morgan fingerprint density at radius 3 is 2.83 bits per heavy atom. The zero-order valence-electron chi connectivity index (χ0n) is 13.3. The number of anilines is 1. The molecule has 3 heterocycles. The lowest BCUT2D eigenvalue weighted by atomic mass is 10.1. The van der Waals surface area contributed by atoms with Crippen LogP contribution in [0.15, 0.2) is 41.4 Å². The smallest absolute Gasteiger partial charge is 0.244 e. The SMILES string of the molecule is Cc1cc(C)c2c(N3C(=O)CSC3=Nc3ccccc3)n[nH]c2n1. The summed E-state index contributed by atoms with van der Waals surface area (Å²) in [6, 6.07) is 11.6. The maximum absolute atomic E-state index is 12.4. The molecule has 0 atom stereocenters. The molecule has 0 spiro atoms. The second-order valence-electron chi connectivity index (χ2n) is 5.60. The first-order chi connectivity index (χ1) is 11.6. The van der Waals surface area contributed by atoms with Crippen LogP contribution in [0.5, 0.6) is 0 Å². The van der Waals surface area contributed by atoms with Crippen molar-refractivity contribution in [1.29, 1.82) is 0 Å². The highest BCUT2D eigenvalue weighted by molar-refractivity contribution is 8.15. The molecule has 1 aromatic carbocycles. The van der Waals surface area contributed by atoms with Gasteiger partial charge >= 0.3 is 0 Å². The normalized spacial score (nSPS) is 16.5. The monoisotopic (exact) mass is 337 g/mol. The molecule has 0 aliphatic carbocycles. The number of hydrogen-bond donors (Lipinski definition) is 1. The number of thioether (sulfide) groups is 1. The van der Waals surface area contributed by atoms with Gasteiger partial charge in [-0.3, -0.25) is 9.89 Å². The fourth-order valence-corrected chi connectivity index (χ4v) is 3.66.